The van der Waals surface area contributed by atoms with Gasteiger partial charge in [-0.1, -0.05) is 35.5 Å². The molecule has 41 heavy (non-hydrogen) atoms. The summed E-state index contributed by atoms with van der Waals surface area (Å²) in [6, 6.07) is 20.0. The van der Waals surface area contributed by atoms with E-state index in [0.29, 0.717) is 32.7 Å². The van der Waals surface area contributed by atoms with E-state index < -0.39 is 17.2 Å². The van der Waals surface area contributed by atoms with Gasteiger partial charge < -0.3 is 14.8 Å². The molecule has 3 aromatic carbocycles. The van der Waals surface area contributed by atoms with Gasteiger partial charge in [-0.15, -0.1) is 0 Å². The van der Waals surface area contributed by atoms with E-state index in [1.165, 1.54) is 11.8 Å². The summed E-state index contributed by atoms with van der Waals surface area (Å²) in [5.74, 6) is -1.48. The van der Waals surface area contributed by atoms with Crippen molar-refractivity contribution in [2.45, 2.75) is 32.1 Å². The van der Waals surface area contributed by atoms with E-state index in [1.54, 1.807) is 79.4 Å². The second-order valence-electron chi connectivity index (χ2n) is 8.87. The van der Waals surface area contributed by atoms with Gasteiger partial charge in [-0.2, -0.15) is 0 Å². The minimum Gasteiger partial charge on any atom is -0.462 e. The lowest BCUT2D eigenvalue weighted by Crippen LogP contribution is -2.33. The molecule has 1 fully saturated rings. The number of carbonyl (C=O) groups is 4. The summed E-state index contributed by atoms with van der Waals surface area (Å²) in [5, 5.41) is 3.10. The van der Waals surface area contributed by atoms with Gasteiger partial charge in [0.2, 0.25) is 11.8 Å². The predicted octanol–water partition coefficient (Wildman–Crippen LogP) is 5.85. The number of nitrogens with one attached hydrogen (secondary N) is 1. The summed E-state index contributed by atoms with van der Waals surface area (Å²) in [5.41, 5.74) is 2.66. The zero-order chi connectivity index (χ0) is 29.4. The van der Waals surface area contributed by atoms with Gasteiger partial charge >= 0.3 is 11.9 Å². The maximum absolute atomic E-state index is 13.5. The highest BCUT2D eigenvalue weighted by Crippen LogP contribution is 2.33. The summed E-state index contributed by atoms with van der Waals surface area (Å²) in [6.45, 7) is 4.25. The molecule has 1 atom stereocenters. The molecular formula is C30H28ClN3O6S. The Labute approximate surface area is 246 Å². The number of nitrogens with zero attached hydrogens (tertiary/aromatic N) is 2. The second kappa shape index (κ2) is 14.0. The van der Waals surface area contributed by atoms with E-state index in [4.69, 9.17) is 21.1 Å². The zero-order valence-electron chi connectivity index (χ0n) is 22.5. The second-order valence-corrected chi connectivity index (χ2v) is 10.5. The van der Waals surface area contributed by atoms with Crippen LogP contribution in [0.1, 0.15) is 46.5 Å². The molecule has 1 aliphatic heterocycles. The zero-order valence-corrected chi connectivity index (χ0v) is 24.0. The van der Waals surface area contributed by atoms with Crippen LogP contribution in [0.25, 0.3) is 0 Å². The van der Waals surface area contributed by atoms with Crippen LogP contribution in [0.2, 0.25) is 5.02 Å². The molecule has 2 amide bonds. The summed E-state index contributed by atoms with van der Waals surface area (Å²) in [6.07, 6.45) is -0.0823. The number of benzene rings is 3. The third kappa shape index (κ3) is 7.96. The summed E-state index contributed by atoms with van der Waals surface area (Å²) >= 11 is 7.22. The van der Waals surface area contributed by atoms with Crippen LogP contribution in [0.5, 0.6) is 0 Å². The van der Waals surface area contributed by atoms with Crippen molar-refractivity contribution in [2.75, 3.05) is 18.5 Å². The first-order valence-electron chi connectivity index (χ1n) is 12.9. The minimum absolute atomic E-state index is 0.0823. The van der Waals surface area contributed by atoms with Crippen molar-refractivity contribution in [3.63, 3.8) is 0 Å². The smallest absolute Gasteiger partial charge is 0.338 e. The van der Waals surface area contributed by atoms with Crippen molar-refractivity contribution in [1.29, 1.82) is 0 Å². The fraction of sp³-hybridized carbons (Fsp3) is 0.233. The number of amidine groups is 1. The first-order chi connectivity index (χ1) is 19.8. The lowest BCUT2D eigenvalue weighted by Gasteiger charge is -2.17. The highest BCUT2D eigenvalue weighted by molar-refractivity contribution is 8.15. The average molecular weight is 594 g/mol. The number of ether oxygens (including phenoxy) is 2. The van der Waals surface area contributed by atoms with E-state index in [2.05, 4.69) is 10.3 Å². The Morgan fingerprint density at radius 1 is 0.878 bits per heavy atom. The highest BCUT2D eigenvalue weighted by Gasteiger charge is 2.39. The van der Waals surface area contributed by atoms with Gasteiger partial charge in [0.05, 0.1) is 36.6 Å². The number of amides is 2. The van der Waals surface area contributed by atoms with Crippen molar-refractivity contribution in [3.8, 4) is 0 Å². The number of anilines is 1. The predicted molar refractivity (Wildman–Crippen MR) is 159 cm³/mol. The van der Waals surface area contributed by atoms with Crippen LogP contribution in [0, 0.1) is 0 Å². The largest absolute Gasteiger partial charge is 0.462 e. The molecule has 0 aliphatic carbocycles. The van der Waals surface area contributed by atoms with E-state index in [-0.39, 0.29) is 38.0 Å². The minimum atomic E-state index is -0.696. The van der Waals surface area contributed by atoms with Crippen LogP contribution in [0.15, 0.2) is 77.8 Å². The van der Waals surface area contributed by atoms with Crippen LogP contribution < -0.4 is 5.32 Å². The van der Waals surface area contributed by atoms with Gasteiger partial charge in [-0.05, 0) is 80.1 Å². The van der Waals surface area contributed by atoms with Crippen molar-refractivity contribution >= 4 is 63.7 Å². The van der Waals surface area contributed by atoms with Gasteiger partial charge in [-0.3, -0.25) is 14.5 Å². The maximum Gasteiger partial charge on any atom is 0.338 e. The first kappa shape index (κ1) is 29.8. The van der Waals surface area contributed by atoms with Crippen molar-refractivity contribution < 1.29 is 28.7 Å². The number of hydrogen-bond donors (Lipinski definition) is 1. The van der Waals surface area contributed by atoms with E-state index in [1.807, 2.05) is 12.1 Å². The Bertz CT molecular complexity index is 1440. The first-order valence-corrected chi connectivity index (χ1v) is 14.2. The van der Waals surface area contributed by atoms with Gasteiger partial charge in [0, 0.05) is 17.1 Å². The Kier molecular flexibility index (Phi) is 10.2. The Morgan fingerprint density at radius 2 is 1.44 bits per heavy atom. The topological polar surface area (TPSA) is 114 Å². The molecule has 11 heteroatoms. The Balaban J connectivity index is 1.50. The number of halogens is 1. The molecule has 0 aromatic heterocycles. The van der Waals surface area contributed by atoms with Gasteiger partial charge in [0.15, 0.2) is 5.17 Å². The summed E-state index contributed by atoms with van der Waals surface area (Å²) in [4.78, 5) is 56.4. The van der Waals surface area contributed by atoms with Crippen LogP contribution >= 0.6 is 23.4 Å². The van der Waals surface area contributed by atoms with E-state index >= 15 is 0 Å². The van der Waals surface area contributed by atoms with Gasteiger partial charge in [0.1, 0.15) is 5.25 Å². The molecule has 4 rings (SSSR count). The molecule has 1 saturated heterocycles. The van der Waals surface area contributed by atoms with E-state index in [9.17, 15) is 19.2 Å². The number of esters is 2. The number of aliphatic imine (C=N–C) groups is 1. The normalized spacial score (nSPS) is 15.6. The SMILES string of the molecule is CCOC(=O)c1ccc(N=C2S[C@@H](CC(=O)Nc3ccc(C(=O)OCC)cc3)C(=O)N2Cc2ccc(Cl)cc2)cc1. The molecule has 1 aliphatic rings. The molecule has 1 heterocycles. The number of carbonyl (C=O) groups excluding carboxylic acids is 4. The fourth-order valence-electron chi connectivity index (χ4n) is 3.92. The van der Waals surface area contributed by atoms with Gasteiger partial charge in [0.25, 0.3) is 0 Å². The number of thioether (sulfide) groups is 1. The van der Waals surface area contributed by atoms with Crippen LogP contribution in [0.3, 0.4) is 0 Å². The third-order valence-electron chi connectivity index (χ3n) is 5.93. The van der Waals surface area contributed by atoms with Crippen LogP contribution in [-0.4, -0.2) is 52.3 Å². The lowest BCUT2D eigenvalue weighted by atomic mass is 10.2. The molecule has 0 radical (unpaired) electrons. The Morgan fingerprint density at radius 3 is 2.00 bits per heavy atom. The Hall–Kier alpha value is -4.15. The average Bonchev–Trinajstić information content (AvgIpc) is 3.23. The molecule has 0 spiro atoms. The summed E-state index contributed by atoms with van der Waals surface area (Å²) in [7, 11) is 0. The van der Waals surface area contributed by atoms with Crippen molar-refractivity contribution in [2.24, 2.45) is 4.99 Å². The molecule has 3 aromatic rings. The third-order valence-corrected chi connectivity index (χ3v) is 7.36. The summed E-state index contributed by atoms with van der Waals surface area (Å²) < 4.78 is 10.0. The molecule has 1 N–H and O–H groups in total. The van der Waals surface area contributed by atoms with Crippen molar-refractivity contribution in [3.05, 3.63) is 94.5 Å². The quantitative estimate of drug-likeness (QED) is 0.293. The number of rotatable bonds is 10. The van der Waals surface area contributed by atoms with Gasteiger partial charge in [-0.25, -0.2) is 14.6 Å². The standard InChI is InChI=1S/C30H28ClN3O6S/c1-3-39-28(37)20-7-13-23(14-8-20)32-26(35)17-25-27(36)34(18-19-5-11-22(31)12-6-19)30(41-25)33-24-15-9-21(10-16-24)29(38)40-4-2/h5-16,25H,3-4,17-18H2,1-2H3,(H,32,35)/t25-/m0/s1. The van der Waals surface area contributed by atoms with Crippen LogP contribution in [-0.2, 0) is 25.6 Å². The molecule has 9 nitrogen and oxygen atoms in total. The fourth-order valence-corrected chi connectivity index (χ4v) is 5.21. The number of hydrogen-bond acceptors (Lipinski definition) is 8. The maximum atomic E-state index is 13.5. The molecule has 0 saturated carbocycles. The molecule has 0 unspecified atom stereocenters. The monoisotopic (exact) mass is 593 g/mol. The van der Waals surface area contributed by atoms with Crippen LogP contribution in [0.4, 0.5) is 11.4 Å². The molecule has 0 bridgehead atoms. The molecule has 212 valence electrons. The van der Waals surface area contributed by atoms with Crippen molar-refractivity contribution in [1.82, 2.24) is 4.90 Å². The lowest BCUT2D eigenvalue weighted by molar-refractivity contribution is -0.128. The highest BCUT2D eigenvalue weighted by atomic mass is 35.5. The van der Waals surface area contributed by atoms with E-state index in [0.717, 1.165) is 5.56 Å². The molecular weight excluding hydrogens is 566 g/mol.